The number of hydrogen-bond acceptors (Lipinski definition) is 5. The van der Waals surface area contributed by atoms with E-state index < -0.39 is 0 Å². The molecule has 4 rings (SSSR count). The summed E-state index contributed by atoms with van der Waals surface area (Å²) in [4.78, 5) is 9.19. The maximum atomic E-state index is 5.73. The van der Waals surface area contributed by atoms with E-state index in [1.807, 2.05) is 30.3 Å². The number of aromatic nitrogens is 2. The van der Waals surface area contributed by atoms with Crippen molar-refractivity contribution in [1.82, 2.24) is 19.9 Å². The van der Waals surface area contributed by atoms with Crippen molar-refractivity contribution in [3.05, 3.63) is 65.0 Å². The fourth-order valence-electron chi connectivity index (χ4n) is 3.84. The van der Waals surface area contributed by atoms with Crippen LogP contribution in [0.25, 0.3) is 11.5 Å². The third kappa shape index (κ3) is 5.29. The molecule has 1 aliphatic rings. The van der Waals surface area contributed by atoms with Gasteiger partial charge in [0, 0.05) is 37.4 Å². The Balaban J connectivity index is 1.34. The minimum atomic E-state index is 0.571. The highest BCUT2D eigenvalue weighted by Crippen LogP contribution is 2.21. The zero-order valence-corrected chi connectivity index (χ0v) is 19.2. The van der Waals surface area contributed by atoms with E-state index in [2.05, 4.69) is 58.2 Å². The quantitative estimate of drug-likeness (QED) is 0.603. The number of aryl methyl sites for hydroxylation is 3. The van der Waals surface area contributed by atoms with E-state index >= 15 is 0 Å². The van der Waals surface area contributed by atoms with Gasteiger partial charge >= 0.3 is 0 Å². The van der Waals surface area contributed by atoms with Crippen LogP contribution < -0.4 is 5.32 Å². The van der Waals surface area contributed by atoms with Crippen molar-refractivity contribution in [3.8, 4) is 11.5 Å². The molecule has 0 amide bonds. The van der Waals surface area contributed by atoms with Gasteiger partial charge in [0.2, 0.25) is 0 Å². The number of nitrogens with one attached hydrogen (secondary N) is 1. The molecule has 1 aromatic heterocycles. The molecule has 0 radical (unpaired) electrons. The summed E-state index contributed by atoms with van der Waals surface area (Å²) in [5.41, 5.74) is 5.83. The molecule has 0 aliphatic carbocycles. The van der Waals surface area contributed by atoms with Crippen molar-refractivity contribution in [3.63, 3.8) is 0 Å². The smallest absolute Gasteiger partial charge is 0.257 e. The standard InChI is InChI=1S/C24H29N5OS/c1-17-14-19(3)21(15-18(17)2)25-24(31)29-11-7-10-28(12-13-29)16-22-26-23(30-27-22)20-8-5-4-6-9-20/h4-6,8-9,14-15H,7,10-13,16H2,1-3H3,(H,25,31). The summed E-state index contributed by atoms with van der Waals surface area (Å²) >= 11 is 5.73. The second-order valence-corrected chi connectivity index (χ2v) is 8.57. The summed E-state index contributed by atoms with van der Waals surface area (Å²) in [7, 11) is 0. The topological polar surface area (TPSA) is 57.4 Å². The van der Waals surface area contributed by atoms with Gasteiger partial charge in [-0.15, -0.1) is 0 Å². The number of anilines is 1. The van der Waals surface area contributed by atoms with Gasteiger partial charge in [0.15, 0.2) is 10.9 Å². The van der Waals surface area contributed by atoms with Crippen molar-refractivity contribution < 1.29 is 4.52 Å². The van der Waals surface area contributed by atoms with Gasteiger partial charge in [-0.2, -0.15) is 4.98 Å². The molecule has 3 aromatic rings. The first-order valence-electron chi connectivity index (χ1n) is 10.7. The van der Waals surface area contributed by atoms with Crippen LogP contribution in [-0.4, -0.2) is 51.2 Å². The van der Waals surface area contributed by atoms with Gasteiger partial charge in [-0.05, 0) is 74.3 Å². The lowest BCUT2D eigenvalue weighted by molar-refractivity contribution is 0.266. The summed E-state index contributed by atoms with van der Waals surface area (Å²) < 4.78 is 5.45. The van der Waals surface area contributed by atoms with Crippen molar-refractivity contribution in [1.29, 1.82) is 0 Å². The van der Waals surface area contributed by atoms with Gasteiger partial charge in [-0.3, -0.25) is 4.90 Å². The molecule has 6 nitrogen and oxygen atoms in total. The van der Waals surface area contributed by atoms with E-state index in [-0.39, 0.29) is 0 Å². The van der Waals surface area contributed by atoms with E-state index in [1.165, 1.54) is 16.7 Å². The van der Waals surface area contributed by atoms with E-state index in [1.54, 1.807) is 0 Å². The van der Waals surface area contributed by atoms with E-state index in [0.29, 0.717) is 12.4 Å². The number of hydrogen-bond donors (Lipinski definition) is 1. The summed E-state index contributed by atoms with van der Waals surface area (Å²) in [6.45, 7) is 10.8. The van der Waals surface area contributed by atoms with E-state index in [0.717, 1.165) is 54.8 Å². The van der Waals surface area contributed by atoms with Crippen LogP contribution >= 0.6 is 12.2 Å². The average molecular weight is 436 g/mol. The molecular formula is C24H29N5OS. The predicted octanol–water partition coefficient (Wildman–Crippen LogP) is 4.57. The van der Waals surface area contributed by atoms with Gasteiger partial charge in [0.25, 0.3) is 5.89 Å². The van der Waals surface area contributed by atoms with E-state index in [4.69, 9.17) is 16.7 Å². The minimum Gasteiger partial charge on any atom is -0.348 e. The molecule has 1 aliphatic heterocycles. The molecule has 1 N–H and O–H groups in total. The number of rotatable bonds is 4. The lowest BCUT2D eigenvalue weighted by Gasteiger charge is -2.25. The highest BCUT2D eigenvalue weighted by molar-refractivity contribution is 7.80. The van der Waals surface area contributed by atoms with Crippen molar-refractivity contribution in [2.24, 2.45) is 0 Å². The molecule has 0 spiro atoms. The molecular weight excluding hydrogens is 406 g/mol. The zero-order chi connectivity index (χ0) is 21.8. The van der Waals surface area contributed by atoms with Crippen molar-refractivity contribution in [2.45, 2.75) is 33.7 Å². The SMILES string of the molecule is Cc1cc(C)c(NC(=S)N2CCCN(Cc3noc(-c4ccccc4)n3)CC2)cc1C. The molecule has 2 heterocycles. The molecule has 0 unspecified atom stereocenters. The third-order valence-electron chi connectivity index (χ3n) is 5.81. The zero-order valence-electron chi connectivity index (χ0n) is 18.4. The molecule has 1 saturated heterocycles. The van der Waals surface area contributed by atoms with Gasteiger partial charge in [0.05, 0.1) is 6.54 Å². The Kier molecular flexibility index (Phi) is 6.63. The van der Waals surface area contributed by atoms with Gasteiger partial charge in [-0.25, -0.2) is 0 Å². The Morgan fingerprint density at radius 2 is 1.77 bits per heavy atom. The lowest BCUT2D eigenvalue weighted by Crippen LogP contribution is -2.38. The van der Waals surface area contributed by atoms with Crippen LogP contribution in [-0.2, 0) is 6.54 Å². The summed E-state index contributed by atoms with van der Waals surface area (Å²) in [6, 6.07) is 14.3. The Labute approximate surface area is 189 Å². The highest BCUT2D eigenvalue weighted by Gasteiger charge is 2.19. The minimum absolute atomic E-state index is 0.571. The van der Waals surface area contributed by atoms with Crippen molar-refractivity contribution >= 4 is 23.0 Å². The van der Waals surface area contributed by atoms with Crippen LogP contribution in [0.4, 0.5) is 5.69 Å². The largest absolute Gasteiger partial charge is 0.348 e. The molecule has 1 fully saturated rings. The van der Waals surface area contributed by atoms with Gasteiger partial charge in [-0.1, -0.05) is 29.4 Å². The molecule has 0 saturated carbocycles. The molecule has 2 aromatic carbocycles. The second-order valence-electron chi connectivity index (χ2n) is 8.18. The first-order chi connectivity index (χ1) is 15.0. The Bertz CT molecular complexity index is 1050. The first-order valence-corrected chi connectivity index (χ1v) is 11.1. The second kappa shape index (κ2) is 9.58. The summed E-state index contributed by atoms with van der Waals surface area (Å²) in [6.07, 6.45) is 1.04. The van der Waals surface area contributed by atoms with Crippen LogP contribution in [0.1, 0.15) is 28.9 Å². The Hall–Kier alpha value is -2.77. The van der Waals surface area contributed by atoms with Gasteiger partial charge in [0.1, 0.15) is 0 Å². The molecule has 31 heavy (non-hydrogen) atoms. The van der Waals surface area contributed by atoms with Crippen LogP contribution in [0.2, 0.25) is 0 Å². The van der Waals surface area contributed by atoms with Crippen LogP contribution in [0, 0.1) is 20.8 Å². The highest BCUT2D eigenvalue weighted by atomic mass is 32.1. The van der Waals surface area contributed by atoms with Crippen molar-refractivity contribution in [2.75, 3.05) is 31.5 Å². The van der Waals surface area contributed by atoms with E-state index in [9.17, 15) is 0 Å². The Morgan fingerprint density at radius 1 is 1.00 bits per heavy atom. The molecule has 7 heteroatoms. The van der Waals surface area contributed by atoms with Gasteiger partial charge < -0.3 is 14.7 Å². The molecule has 0 atom stereocenters. The third-order valence-corrected chi connectivity index (χ3v) is 6.17. The monoisotopic (exact) mass is 435 g/mol. The fourth-order valence-corrected chi connectivity index (χ4v) is 4.13. The average Bonchev–Trinajstić information content (AvgIpc) is 3.10. The first kappa shape index (κ1) is 21.5. The van der Waals surface area contributed by atoms with Crippen LogP contribution in [0.15, 0.2) is 47.0 Å². The number of benzene rings is 2. The summed E-state index contributed by atoms with van der Waals surface area (Å²) in [5.74, 6) is 1.29. The molecule has 162 valence electrons. The number of nitrogens with zero attached hydrogens (tertiary/aromatic N) is 4. The maximum absolute atomic E-state index is 5.73. The Morgan fingerprint density at radius 3 is 2.58 bits per heavy atom. The predicted molar refractivity (Wildman–Crippen MR) is 128 cm³/mol. The summed E-state index contributed by atoms with van der Waals surface area (Å²) in [5, 5.41) is 8.42. The normalized spacial score (nSPS) is 15.0. The maximum Gasteiger partial charge on any atom is 0.257 e. The lowest BCUT2D eigenvalue weighted by atomic mass is 10.1. The van der Waals surface area contributed by atoms with Crippen LogP contribution in [0.3, 0.4) is 0 Å². The fraction of sp³-hybridized carbons (Fsp3) is 0.375. The van der Waals surface area contributed by atoms with Crippen LogP contribution in [0.5, 0.6) is 0 Å². The molecule has 0 bridgehead atoms. The number of thiocarbonyl (C=S) groups is 1.